The highest BCUT2D eigenvalue weighted by atomic mass is 16.6. The monoisotopic (exact) mass is 257 g/mol. The minimum atomic E-state index is -0.963. The van der Waals surface area contributed by atoms with Crippen molar-refractivity contribution in [1.29, 1.82) is 0 Å². The van der Waals surface area contributed by atoms with E-state index in [0.717, 1.165) is 0 Å². The molecule has 1 amide bonds. The number of amides is 1. The number of hydrogen-bond donors (Lipinski definition) is 2. The van der Waals surface area contributed by atoms with Crippen molar-refractivity contribution in [3.63, 3.8) is 0 Å². The van der Waals surface area contributed by atoms with Gasteiger partial charge in [0.15, 0.2) is 0 Å². The molecular formula is C13H23NO4. The van der Waals surface area contributed by atoms with E-state index in [1.807, 2.05) is 6.92 Å². The van der Waals surface area contributed by atoms with Crippen LogP contribution in [0.2, 0.25) is 0 Å². The molecule has 0 aliphatic rings. The quantitative estimate of drug-likeness (QED) is 0.717. The zero-order valence-corrected chi connectivity index (χ0v) is 11.6. The Hall–Kier alpha value is -1.52. The SMILES string of the molecule is C=CC[C@@](CC)(CC(=O)O)NC(=O)OC(C)(C)C. The van der Waals surface area contributed by atoms with Gasteiger partial charge in [0.25, 0.3) is 0 Å². The lowest BCUT2D eigenvalue weighted by molar-refractivity contribution is -0.138. The molecule has 0 unspecified atom stereocenters. The number of ether oxygens (including phenoxy) is 1. The average molecular weight is 257 g/mol. The molecule has 0 aromatic carbocycles. The Morgan fingerprint density at radius 3 is 2.28 bits per heavy atom. The minimum Gasteiger partial charge on any atom is -0.481 e. The molecule has 0 aliphatic heterocycles. The first-order valence-electron chi connectivity index (χ1n) is 5.98. The molecule has 0 heterocycles. The third-order valence-electron chi connectivity index (χ3n) is 2.47. The van der Waals surface area contributed by atoms with E-state index in [1.165, 1.54) is 0 Å². The summed E-state index contributed by atoms with van der Waals surface area (Å²) in [6.45, 7) is 10.7. The smallest absolute Gasteiger partial charge is 0.408 e. The molecule has 18 heavy (non-hydrogen) atoms. The van der Waals surface area contributed by atoms with Crippen LogP contribution in [0.4, 0.5) is 4.79 Å². The van der Waals surface area contributed by atoms with E-state index in [-0.39, 0.29) is 6.42 Å². The van der Waals surface area contributed by atoms with Crippen molar-refractivity contribution in [3.8, 4) is 0 Å². The standard InChI is InChI=1S/C13H23NO4/c1-6-8-13(7-2,9-10(15)16)14-11(17)18-12(3,4)5/h6H,1,7-9H2,2-5H3,(H,14,17)(H,15,16)/t13-/m0/s1. The predicted molar refractivity (Wildman–Crippen MR) is 69.5 cm³/mol. The Morgan fingerprint density at radius 2 is 1.94 bits per heavy atom. The van der Waals surface area contributed by atoms with Gasteiger partial charge < -0.3 is 15.2 Å². The summed E-state index contributed by atoms with van der Waals surface area (Å²) in [5.41, 5.74) is -1.45. The van der Waals surface area contributed by atoms with Crippen LogP contribution in [0.25, 0.3) is 0 Å². The number of carboxylic acid groups (broad SMARTS) is 1. The number of carbonyl (C=O) groups is 2. The van der Waals surface area contributed by atoms with Crippen LogP contribution in [0.15, 0.2) is 12.7 Å². The van der Waals surface area contributed by atoms with Crippen molar-refractivity contribution in [2.75, 3.05) is 0 Å². The summed E-state index contributed by atoms with van der Waals surface area (Å²) in [5, 5.41) is 11.6. The van der Waals surface area contributed by atoms with Crippen LogP contribution in [0.5, 0.6) is 0 Å². The first kappa shape index (κ1) is 16.5. The lowest BCUT2D eigenvalue weighted by Gasteiger charge is -2.32. The third kappa shape index (κ3) is 6.27. The summed E-state index contributed by atoms with van der Waals surface area (Å²) in [7, 11) is 0. The summed E-state index contributed by atoms with van der Waals surface area (Å²) < 4.78 is 5.15. The number of carboxylic acids is 1. The zero-order valence-electron chi connectivity index (χ0n) is 11.6. The van der Waals surface area contributed by atoms with Crippen molar-refractivity contribution in [3.05, 3.63) is 12.7 Å². The molecule has 104 valence electrons. The minimum absolute atomic E-state index is 0.158. The van der Waals surface area contributed by atoms with E-state index in [0.29, 0.717) is 12.8 Å². The molecule has 0 saturated heterocycles. The van der Waals surface area contributed by atoms with Gasteiger partial charge >= 0.3 is 12.1 Å². The molecule has 0 aromatic heterocycles. The zero-order chi connectivity index (χ0) is 14.4. The normalized spacial score (nSPS) is 14.4. The first-order valence-corrected chi connectivity index (χ1v) is 5.98. The number of nitrogens with one attached hydrogen (secondary N) is 1. The van der Waals surface area contributed by atoms with Crippen LogP contribution in [-0.4, -0.2) is 28.3 Å². The van der Waals surface area contributed by atoms with Crippen molar-refractivity contribution >= 4 is 12.1 Å². The molecule has 0 aliphatic carbocycles. The molecular weight excluding hydrogens is 234 g/mol. The Morgan fingerprint density at radius 1 is 1.39 bits per heavy atom. The number of aliphatic carboxylic acids is 1. The van der Waals surface area contributed by atoms with Gasteiger partial charge in [-0.1, -0.05) is 13.0 Å². The maximum Gasteiger partial charge on any atom is 0.408 e. The molecule has 2 N–H and O–H groups in total. The van der Waals surface area contributed by atoms with Gasteiger partial charge in [-0.2, -0.15) is 0 Å². The highest BCUT2D eigenvalue weighted by Gasteiger charge is 2.33. The molecule has 0 saturated carbocycles. The maximum atomic E-state index is 11.7. The summed E-state index contributed by atoms with van der Waals surface area (Å²) >= 11 is 0. The van der Waals surface area contributed by atoms with Gasteiger partial charge in [0.05, 0.1) is 12.0 Å². The van der Waals surface area contributed by atoms with Crippen molar-refractivity contribution in [2.45, 2.75) is 58.1 Å². The second-order valence-corrected chi connectivity index (χ2v) is 5.32. The topological polar surface area (TPSA) is 75.6 Å². The maximum absolute atomic E-state index is 11.7. The van der Waals surface area contributed by atoms with Gasteiger partial charge in [-0.15, -0.1) is 6.58 Å². The number of alkyl carbamates (subject to hydrolysis) is 1. The van der Waals surface area contributed by atoms with Crippen molar-refractivity contribution in [2.24, 2.45) is 0 Å². The van der Waals surface area contributed by atoms with Gasteiger partial charge in [0, 0.05) is 0 Å². The van der Waals surface area contributed by atoms with Crippen molar-refractivity contribution in [1.82, 2.24) is 5.32 Å². The lowest BCUT2D eigenvalue weighted by atomic mass is 9.88. The Labute approximate surface area is 108 Å². The van der Waals surface area contributed by atoms with E-state index in [9.17, 15) is 9.59 Å². The number of hydrogen-bond acceptors (Lipinski definition) is 3. The van der Waals surface area contributed by atoms with Crippen LogP contribution in [0.1, 0.15) is 47.0 Å². The molecule has 0 rings (SSSR count). The second kappa shape index (κ2) is 6.42. The molecule has 5 heteroatoms. The molecule has 5 nitrogen and oxygen atoms in total. The third-order valence-corrected chi connectivity index (χ3v) is 2.47. The fraction of sp³-hybridized carbons (Fsp3) is 0.692. The molecule has 0 bridgehead atoms. The van der Waals surface area contributed by atoms with E-state index >= 15 is 0 Å². The largest absolute Gasteiger partial charge is 0.481 e. The van der Waals surface area contributed by atoms with E-state index in [2.05, 4.69) is 11.9 Å². The van der Waals surface area contributed by atoms with Crippen LogP contribution >= 0.6 is 0 Å². The molecule has 0 fully saturated rings. The molecule has 0 radical (unpaired) electrons. The van der Waals surface area contributed by atoms with Gasteiger partial charge in [-0.05, 0) is 33.6 Å². The van der Waals surface area contributed by atoms with E-state index in [1.54, 1.807) is 26.8 Å². The Balaban J connectivity index is 4.82. The van der Waals surface area contributed by atoms with E-state index < -0.39 is 23.2 Å². The van der Waals surface area contributed by atoms with Crippen molar-refractivity contribution < 1.29 is 19.4 Å². The number of rotatable bonds is 6. The van der Waals surface area contributed by atoms with Crippen LogP contribution in [-0.2, 0) is 9.53 Å². The van der Waals surface area contributed by atoms with Crippen LogP contribution < -0.4 is 5.32 Å². The van der Waals surface area contributed by atoms with Gasteiger partial charge in [0.2, 0.25) is 0 Å². The van der Waals surface area contributed by atoms with Crippen LogP contribution in [0, 0.1) is 0 Å². The highest BCUT2D eigenvalue weighted by Crippen LogP contribution is 2.21. The van der Waals surface area contributed by atoms with Crippen LogP contribution in [0.3, 0.4) is 0 Å². The average Bonchev–Trinajstić information content (AvgIpc) is 2.13. The molecule has 0 spiro atoms. The lowest BCUT2D eigenvalue weighted by Crippen LogP contribution is -2.50. The fourth-order valence-electron chi connectivity index (χ4n) is 1.61. The Kier molecular flexibility index (Phi) is 5.88. The number of carbonyl (C=O) groups excluding carboxylic acids is 1. The molecule has 0 aromatic rings. The highest BCUT2D eigenvalue weighted by molar-refractivity contribution is 5.73. The molecule has 1 atom stereocenters. The Bertz CT molecular complexity index is 319. The van der Waals surface area contributed by atoms with Gasteiger partial charge in [-0.3, -0.25) is 4.79 Å². The van der Waals surface area contributed by atoms with Gasteiger partial charge in [0.1, 0.15) is 5.60 Å². The summed E-state index contributed by atoms with van der Waals surface area (Å²) in [6, 6.07) is 0. The summed E-state index contributed by atoms with van der Waals surface area (Å²) in [6.07, 6.45) is 1.71. The summed E-state index contributed by atoms with van der Waals surface area (Å²) in [4.78, 5) is 22.6. The second-order valence-electron chi connectivity index (χ2n) is 5.32. The fourth-order valence-corrected chi connectivity index (χ4v) is 1.61. The van der Waals surface area contributed by atoms with E-state index in [4.69, 9.17) is 9.84 Å². The van der Waals surface area contributed by atoms with Gasteiger partial charge in [-0.25, -0.2) is 4.79 Å². The first-order chi connectivity index (χ1) is 8.14. The summed E-state index contributed by atoms with van der Waals surface area (Å²) in [5.74, 6) is -0.963. The predicted octanol–water partition coefficient (Wildman–Crippen LogP) is 2.71.